The maximum atomic E-state index is 10.3. The zero-order valence-electron chi connectivity index (χ0n) is 9.18. The lowest BCUT2D eigenvalue weighted by Crippen LogP contribution is -2.27. The normalized spacial score (nSPS) is 13.0. The lowest BCUT2D eigenvalue weighted by molar-refractivity contribution is -0.404. The Labute approximate surface area is 93.5 Å². The van der Waals surface area contributed by atoms with Gasteiger partial charge in [0.05, 0.1) is 11.0 Å². The molecule has 6 nitrogen and oxygen atoms in total. The smallest absolute Gasteiger partial charge is 0.274 e. The molecule has 0 aliphatic rings. The van der Waals surface area contributed by atoms with E-state index in [4.69, 9.17) is 0 Å². The maximum Gasteiger partial charge on any atom is 0.274 e. The van der Waals surface area contributed by atoms with Gasteiger partial charge in [0.15, 0.2) is 5.82 Å². The van der Waals surface area contributed by atoms with Crippen LogP contribution >= 0.6 is 0 Å². The molecule has 0 aliphatic carbocycles. The highest BCUT2D eigenvalue weighted by atomic mass is 16.6. The summed E-state index contributed by atoms with van der Waals surface area (Å²) in [6, 6.07) is 3.68. The van der Waals surface area contributed by atoms with Crippen LogP contribution in [0.4, 0.5) is 0 Å². The minimum Gasteiger partial charge on any atom is -0.370 e. The number of rotatable bonds is 5. The second-order valence-corrected chi connectivity index (χ2v) is 3.23. The number of nitro groups is 1. The Bertz CT molecular complexity index is 378. The van der Waals surface area contributed by atoms with Gasteiger partial charge in [0.1, 0.15) is 0 Å². The molecule has 0 aliphatic heterocycles. The molecule has 1 aromatic heterocycles. The minimum absolute atomic E-state index is 0.0488. The van der Waals surface area contributed by atoms with Crippen LogP contribution in [0.2, 0.25) is 0 Å². The molecule has 6 heteroatoms. The van der Waals surface area contributed by atoms with Gasteiger partial charge in [-0.2, -0.15) is 0 Å². The van der Waals surface area contributed by atoms with E-state index in [1.165, 1.54) is 0 Å². The first kappa shape index (κ1) is 12.0. The van der Waals surface area contributed by atoms with E-state index < -0.39 is 4.92 Å². The quantitative estimate of drug-likeness (QED) is 0.574. The van der Waals surface area contributed by atoms with Crippen molar-refractivity contribution in [2.45, 2.75) is 13.0 Å². The van der Waals surface area contributed by atoms with Crippen LogP contribution in [-0.4, -0.2) is 17.0 Å². The topological polar surface area (TPSA) is 80.1 Å². The molecule has 0 bridgehead atoms. The molecule has 86 valence electrons. The first-order valence-corrected chi connectivity index (χ1v) is 4.83. The molecule has 0 radical (unpaired) electrons. The van der Waals surface area contributed by atoms with Crippen LogP contribution in [0.5, 0.6) is 0 Å². The summed E-state index contributed by atoms with van der Waals surface area (Å²) in [6.07, 6.45) is 4.30. The summed E-state index contributed by atoms with van der Waals surface area (Å²) in [7, 11) is 1.62. The molecule has 1 atom stereocenters. The van der Waals surface area contributed by atoms with Gasteiger partial charge in [-0.05, 0) is 18.6 Å². The number of nitrogens with zero attached hydrogens (tertiary/aromatic N) is 2. The summed E-state index contributed by atoms with van der Waals surface area (Å²) < 4.78 is 0. The summed E-state index contributed by atoms with van der Waals surface area (Å²) >= 11 is 0. The van der Waals surface area contributed by atoms with Gasteiger partial charge in [-0.1, -0.05) is 6.07 Å². The highest BCUT2D eigenvalue weighted by Gasteiger charge is 2.08. The predicted molar refractivity (Wildman–Crippen MR) is 59.9 cm³/mol. The van der Waals surface area contributed by atoms with E-state index in [1.807, 2.05) is 19.1 Å². The lowest BCUT2D eigenvalue weighted by Gasteiger charge is -2.15. The first-order valence-electron chi connectivity index (χ1n) is 4.83. The van der Waals surface area contributed by atoms with E-state index in [0.717, 1.165) is 11.8 Å². The maximum absolute atomic E-state index is 10.3. The molecule has 2 N–H and O–H groups in total. The third-order valence-corrected chi connectivity index (χ3v) is 2.06. The monoisotopic (exact) mass is 222 g/mol. The van der Waals surface area contributed by atoms with E-state index in [2.05, 4.69) is 15.6 Å². The molecule has 1 rings (SSSR count). The van der Waals surface area contributed by atoms with Crippen molar-refractivity contribution in [1.82, 2.24) is 15.6 Å². The third kappa shape index (κ3) is 3.56. The van der Waals surface area contributed by atoms with Crippen molar-refractivity contribution in [2.75, 3.05) is 7.05 Å². The largest absolute Gasteiger partial charge is 0.370 e. The SMILES string of the molecule is CN/C(=C\[N+](=O)[O-])NC(C)c1cccnc1. The van der Waals surface area contributed by atoms with Crippen molar-refractivity contribution in [3.8, 4) is 0 Å². The molecule has 1 aromatic rings. The zero-order chi connectivity index (χ0) is 12.0. The molecule has 0 saturated carbocycles. The molecular weight excluding hydrogens is 208 g/mol. The Balaban J connectivity index is 2.70. The summed E-state index contributed by atoms with van der Waals surface area (Å²) in [5.74, 6) is 0.362. The summed E-state index contributed by atoms with van der Waals surface area (Å²) in [4.78, 5) is 13.8. The van der Waals surface area contributed by atoms with Gasteiger partial charge in [-0.15, -0.1) is 0 Å². The Morgan fingerprint density at radius 2 is 2.44 bits per heavy atom. The molecule has 0 fully saturated rings. The van der Waals surface area contributed by atoms with E-state index in [1.54, 1.807) is 19.4 Å². The number of aromatic nitrogens is 1. The predicted octanol–water partition coefficient (Wildman–Crippen LogP) is 1.03. The Hall–Kier alpha value is -2.11. The standard InChI is InChI=1S/C10H14N4O2/c1-8(9-4-3-5-12-6-9)13-10(11-2)7-14(15)16/h3-8,11,13H,1-2H3/b10-7+. The van der Waals surface area contributed by atoms with Crippen molar-refractivity contribution in [3.63, 3.8) is 0 Å². The number of hydrogen-bond acceptors (Lipinski definition) is 5. The van der Waals surface area contributed by atoms with Crippen LogP contribution in [0, 0.1) is 10.1 Å². The third-order valence-electron chi connectivity index (χ3n) is 2.06. The first-order chi connectivity index (χ1) is 7.63. The van der Waals surface area contributed by atoms with Crippen molar-refractivity contribution in [3.05, 3.63) is 52.2 Å². The number of hydrogen-bond donors (Lipinski definition) is 2. The summed E-state index contributed by atoms with van der Waals surface area (Å²) in [5.41, 5.74) is 0.965. The van der Waals surface area contributed by atoms with Crippen molar-refractivity contribution >= 4 is 0 Å². The lowest BCUT2D eigenvalue weighted by atomic mass is 10.1. The highest BCUT2D eigenvalue weighted by Crippen LogP contribution is 2.10. The van der Waals surface area contributed by atoms with E-state index >= 15 is 0 Å². The van der Waals surface area contributed by atoms with Crippen LogP contribution in [0.15, 0.2) is 36.5 Å². The minimum atomic E-state index is -0.505. The molecule has 0 spiro atoms. The van der Waals surface area contributed by atoms with Crippen LogP contribution in [0.25, 0.3) is 0 Å². The van der Waals surface area contributed by atoms with Crippen molar-refractivity contribution < 1.29 is 4.92 Å². The fourth-order valence-electron chi connectivity index (χ4n) is 1.23. The summed E-state index contributed by atoms with van der Waals surface area (Å²) in [6.45, 7) is 1.90. The van der Waals surface area contributed by atoms with E-state index in [-0.39, 0.29) is 6.04 Å². The average Bonchev–Trinajstić information content (AvgIpc) is 2.28. The summed E-state index contributed by atoms with van der Waals surface area (Å²) in [5, 5.41) is 16.0. The fraction of sp³-hybridized carbons (Fsp3) is 0.300. The van der Waals surface area contributed by atoms with Crippen molar-refractivity contribution in [1.29, 1.82) is 0 Å². The van der Waals surface area contributed by atoms with E-state index in [0.29, 0.717) is 5.82 Å². The fourth-order valence-corrected chi connectivity index (χ4v) is 1.23. The second-order valence-electron chi connectivity index (χ2n) is 3.23. The Kier molecular flexibility index (Phi) is 4.26. The van der Waals surface area contributed by atoms with Crippen LogP contribution < -0.4 is 10.6 Å². The molecule has 0 aromatic carbocycles. The Morgan fingerprint density at radius 3 is 2.94 bits per heavy atom. The van der Waals surface area contributed by atoms with E-state index in [9.17, 15) is 10.1 Å². The van der Waals surface area contributed by atoms with Gasteiger partial charge >= 0.3 is 0 Å². The molecule has 0 amide bonds. The molecular formula is C10H14N4O2. The average molecular weight is 222 g/mol. The molecule has 16 heavy (non-hydrogen) atoms. The highest BCUT2D eigenvalue weighted by molar-refractivity contribution is 5.14. The van der Waals surface area contributed by atoms with Gasteiger partial charge in [-0.3, -0.25) is 15.1 Å². The van der Waals surface area contributed by atoms with Gasteiger partial charge in [0.25, 0.3) is 6.20 Å². The van der Waals surface area contributed by atoms with Gasteiger partial charge in [-0.25, -0.2) is 0 Å². The van der Waals surface area contributed by atoms with Crippen LogP contribution in [0.1, 0.15) is 18.5 Å². The zero-order valence-corrected chi connectivity index (χ0v) is 9.18. The van der Waals surface area contributed by atoms with Crippen LogP contribution in [-0.2, 0) is 0 Å². The Morgan fingerprint density at radius 1 is 1.69 bits per heavy atom. The second kappa shape index (κ2) is 5.69. The molecule has 1 unspecified atom stereocenters. The van der Waals surface area contributed by atoms with Gasteiger partial charge < -0.3 is 10.6 Å². The number of nitrogens with one attached hydrogen (secondary N) is 2. The van der Waals surface area contributed by atoms with Gasteiger partial charge in [0.2, 0.25) is 0 Å². The van der Waals surface area contributed by atoms with Crippen LogP contribution in [0.3, 0.4) is 0 Å². The van der Waals surface area contributed by atoms with Gasteiger partial charge in [0, 0.05) is 19.4 Å². The molecule has 0 saturated heterocycles. The van der Waals surface area contributed by atoms with Crippen molar-refractivity contribution in [2.24, 2.45) is 0 Å². The number of pyridine rings is 1. The molecule has 1 heterocycles.